The first kappa shape index (κ1) is 11.9. The Labute approximate surface area is 90.5 Å². The van der Waals surface area contributed by atoms with Gasteiger partial charge in [0.2, 0.25) is 10.0 Å². The van der Waals surface area contributed by atoms with Gasteiger partial charge in [-0.1, -0.05) is 19.1 Å². The van der Waals surface area contributed by atoms with Gasteiger partial charge in [0, 0.05) is 18.5 Å². The second-order valence-corrected chi connectivity index (χ2v) is 6.51. The standard InChI is InChI=1S/C8H16N2O2S2/c1-8(7(9)13)3-5-10(6-4-8)14(2,11)12/h3-6H2,1-2H3,(H2,9,13). The molecule has 0 unspecified atom stereocenters. The largest absolute Gasteiger partial charge is 0.393 e. The predicted molar refractivity (Wildman–Crippen MR) is 60.5 cm³/mol. The minimum absolute atomic E-state index is 0.170. The lowest BCUT2D eigenvalue weighted by atomic mass is 9.81. The highest BCUT2D eigenvalue weighted by atomic mass is 32.2. The molecule has 14 heavy (non-hydrogen) atoms. The summed E-state index contributed by atoms with van der Waals surface area (Å²) in [5.74, 6) is 0. The lowest BCUT2D eigenvalue weighted by molar-refractivity contribution is 0.245. The first-order valence-corrected chi connectivity index (χ1v) is 6.76. The van der Waals surface area contributed by atoms with E-state index in [0.29, 0.717) is 18.1 Å². The van der Waals surface area contributed by atoms with E-state index in [1.165, 1.54) is 10.6 Å². The van der Waals surface area contributed by atoms with Crippen molar-refractivity contribution < 1.29 is 8.42 Å². The molecule has 1 heterocycles. The topological polar surface area (TPSA) is 63.4 Å². The average Bonchev–Trinajstić information content (AvgIpc) is 2.03. The summed E-state index contributed by atoms with van der Waals surface area (Å²) in [6.45, 7) is 3.04. The Hall–Kier alpha value is -0.200. The highest BCUT2D eigenvalue weighted by Gasteiger charge is 2.35. The van der Waals surface area contributed by atoms with Crippen molar-refractivity contribution in [3.63, 3.8) is 0 Å². The fourth-order valence-electron chi connectivity index (χ4n) is 1.56. The van der Waals surface area contributed by atoms with Crippen LogP contribution >= 0.6 is 12.2 Å². The summed E-state index contributed by atoms with van der Waals surface area (Å²) in [6.07, 6.45) is 2.67. The van der Waals surface area contributed by atoms with Crippen molar-refractivity contribution >= 4 is 27.2 Å². The molecule has 0 saturated carbocycles. The quantitative estimate of drug-likeness (QED) is 0.702. The smallest absolute Gasteiger partial charge is 0.211 e. The molecule has 0 amide bonds. The Bertz CT molecular complexity index is 329. The molecular weight excluding hydrogens is 220 g/mol. The fraction of sp³-hybridized carbons (Fsp3) is 0.875. The van der Waals surface area contributed by atoms with Crippen molar-refractivity contribution in [1.82, 2.24) is 4.31 Å². The van der Waals surface area contributed by atoms with Gasteiger partial charge in [0.25, 0.3) is 0 Å². The van der Waals surface area contributed by atoms with E-state index in [4.69, 9.17) is 18.0 Å². The maximum absolute atomic E-state index is 11.2. The van der Waals surface area contributed by atoms with Crippen LogP contribution in [-0.4, -0.2) is 37.1 Å². The maximum Gasteiger partial charge on any atom is 0.211 e. The second kappa shape index (κ2) is 3.75. The Balaban J connectivity index is 2.68. The molecule has 0 bridgehead atoms. The number of hydrogen-bond acceptors (Lipinski definition) is 3. The molecule has 0 atom stereocenters. The molecule has 0 aromatic rings. The van der Waals surface area contributed by atoms with Crippen LogP contribution in [0.3, 0.4) is 0 Å². The molecule has 0 spiro atoms. The Morgan fingerprint density at radius 2 is 1.86 bits per heavy atom. The molecule has 1 aliphatic heterocycles. The Kier molecular flexibility index (Phi) is 3.18. The molecule has 0 radical (unpaired) electrons. The lowest BCUT2D eigenvalue weighted by Gasteiger charge is -2.37. The number of hydrogen-bond donors (Lipinski definition) is 1. The third kappa shape index (κ3) is 2.43. The van der Waals surface area contributed by atoms with Crippen LogP contribution in [0, 0.1) is 5.41 Å². The summed E-state index contributed by atoms with van der Waals surface area (Å²) < 4.78 is 23.9. The maximum atomic E-state index is 11.2. The molecule has 1 fully saturated rings. The lowest BCUT2D eigenvalue weighted by Crippen LogP contribution is -2.46. The van der Waals surface area contributed by atoms with E-state index < -0.39 is 10.0 Å². The van der Waals surface area contributed by atoms with E-state index in [1.54, 1.807) is 0 Å². The minimum atomic E-state index is -3.05. The normalized spacial score (nSPS) is 23.3. The van der Waals surface area contributed by atoms with Crippen molar-refractivity contribution in [2.45, 2.75) is 19.8 Å². The van der Waals surface area contributed by atoms with E-state index in [0.717, 1.165) is 12.8 Å². The van der Waals surface area contributed by atoms with Crippen LogP contribution in [0.5, 0.6) is 0 Å². The van der Waals surface area contributed by atoms with Gasteiger partial charge in [0.15, 0.2) is 0 Å². The van der Waals surface area contributed by atoms with Gasteiger partial charge in [-0.15, -0.1) is 0 Å². The van der Waals surface area contributed by atoms with Gasteiger partial charge in [0.1, 0.15) is 0 Å². The SMILES string of the molecule is CC1(C(N)=S)CCN(S(C)(=O)=O)CC1. The van der Waals surface area contributed by atoms with Crippen LogP contribution in [0.15, 0.2) is 0 Å². The molecule has 1 aliphatic rings. The van der Waals surface area contributed by atoms with E-state index in [2.05, 4.69) is 0 Å². The molecule has 4 nitrogen and oxygen atoms in total. The number of rotatable bonds is 2. The van der Waals surface area contributed by atoms with Gasteiger partial charge in [-0.05, 0) is 12.8 Å². The van der Waals surface area contributed by atoms with Gasteiger partial charge < -0.3 is 5.73 Å². The Morgan fingerprint density at radius 1 is 1.43 bits per heavy atom. The molecule has 82 valence electrons. The number of nitrogens with zero attached hydrogens (tertiary/aromatic N) is 1. The number of thiocarbonyl (C=S) groups is 1. The minimum Gasteiger partial charge on any atom is -0.393 e. The summed E-state index contributed by atoms with van der Waals surface area (Å²) in [5.41, 5.74) is 5.45. The summed E-state index contributed by atoms with van der Waals surface area (Å²) in [6, 6.07) is 0. The summed E-state index contributed by atoms with van der Waals surface area (Å²) in [5, 5.41) is 0. The zero-order valence-corrected chi connectivity index (χ0v) is 10.1. The van der Waals surface area contributed by atoms with Crippen molar-refractivity contribution in [3.05, 3.63) is 0 Å². The monoisotopic (exact) mass is 236 g/mol. The molecule has 1 rings (SSSR count). The molecule has 0 aromatic carbocycles. The highest BCUT2D eigenvalue weighted by Crippen LogP contribution is 2.31. The van der Waals surface area contributed by atoms with Crippen molar-refractivity contribution in [2.24, 2.45) is 11.1 Å². The van der Waals surface area contributed by atoms with Crippen LogP contribution in [0.2, 0.25) is 0 Å². The third-order valence-electron chi connectivity index (χ3n) is 2.89. The highest BCUT2D eigenvalue weighted by molar-refractivity contribution is 7.88. The van der Waals surface area contributed by atoms with Crippen molar-refractivity contribution in [2.75, 3.05) is 19.3 Å². The van der Waals surface area contributed by atoms with Crippen LogP contribution in [0.25, 0.3) is 0 Å². The number of sulfonamides is 1. The van der Waals surface area contributed by atoms with E-state index in [9.17, 15) is 8.42 Å². The van der Waals surface area contributed by atoms with Crippen LogP contribution in [0.1, 0.15) is 19.8 Å². The molecule has 1 saturated heterocycles. The third-order valence-corrected chi connectivity index (χ3v) is 4.69. The average molecular weight is 236 g/mol. The molecule has 2 N–H and O–H groups in total. The van der Waals surface area contributed by atoms with Gasteiger partial charge in [0.05, 0.1) is 11.2 Å². The van der Waals surface area contributed by atoms with Crippen LogP contribution in [0.4, 0.5) is 0 Å². The number of piperidine rings is 1. The first-order valence-electron chi connectivity index (χ1n) is 4.51. The van der Waals surface area contributed by atoms with Gasteiger partial charge in [-0.25, -0.2) is 12.7 Å². The van der Waals surface area contributed by atoms with E-state index in [1.807, 2.05) is 6.92 Å². The molecule has 0 aliphatic carbocycles. The van der Waals surface area contributed by atoms with Gasteiger partial charge in [-0.3, -0.25) is 0 Å². The van der Waals surface area contributed by atoms with E-state index in [-0.39, 0.29) is 5.41 Å². The predicted octanol–water partition coefficient (Wildman–Crippen LogP) is 0.334. The van der Waals surface area contributed by atoms with E-state index >= 15 is 0 Å². The summed E-state index contributed by atoms with van der Waals surface area (Å²) in [7, 11) is -3.05. The Morgan fingerprint density at radius 3 is 2.14 bits per heavy atom. The zero-order valence-electron chi connectivity index (χ0n) is 8.49. The molecule has 6 heteroatoms. The van der Waals surface area contributed by atoms with Crippen LogP contribution in [-0.2, 0) is 10.0 Å². The zero-order chi connectivity index (χ0) is 11.0. The van der Waals surface area contributed by atoms with Crippen LogP contribution < -0.4 is 5.73 Å². The second-order valence-electron chi connectivity index (χ2n) is 4.09. The number of nitrogens with two attached hydrogens (primary N) is 1. The summed E-state index contributed by atoms with van der Waals surface area (Å²) >= 11 is 4.97. The summed E-state index contributed by atoms with van der Waals surface area (Å²) in [4.78, 5) is 0.491. The van der Waals surface area contributed by atoms with Gasteiger partial charge >= 0.3 is 0 Å². The molecule has 0 aromatic heterocycles. The van der Waals surface area contributed by atoms with Crippen molar-refractivity contribution in [3.8, 4) is 0 Å². The fourth-order valence-corrected chi connectivity index (χ4v) is 2.61. The molecular formula is C8H16N2O2S2. The van der Waals surface area contributed by atoms with Gasteiger partial charge in [-0.2, -0.15) is 0 Å². The first-order chi connectivity index (χ1) is 6.26. The van der Waals surface area contributed by atoms with Crippen molar-refractivity contribution in [1.29, 1.82) is 0 Å².